The quantitative estimate of drug-likeness (QED) is 0.434. The summed E-state index contributed by atoms with van der Waals surface area (Å²) in [6.45, 7) is 3.27. The van der Waals surface area contributed by atoms with Gasteiger partial charge >= 0.3 is 5.97 Å². The van der Waals surface area contributed by atoms with Gasteiger partial charge in [-0.3, -0.25) is 0 Å². The van der Waals surface area contributed by atoms with E-state index < -0.39 is 5.97 Å². The van der Waals surface area contributed by atoms with Crippen LogP contribution in [0, 0.1) is 0 Å². The van der Waals surface area contributed by atoms with Crippen LogP contribution in [0.2, 0.25) is 5.02 Å². The highest BCUT2D eigenvalue weighted by Gasteiger charge is 1.96. The van der Waals surface area contributed by atoms with E-state index in [1.165, 1.54) is 6.08 Å². The van der Waals surface area contributed by atoms with Crippen LogP contribution in [0.3, 0.4) is 0 Å². The molecule has 0 heterocycles. The summed E-state index contributed by atoms with van der Waals surface area (Å²) < 4.78 is 4.50. The van der Waals surface area contributed by atoms with Crippen molar-refractivity contribution in [2.45, 2.75) is 0 Å². The number of esters is 1. The lowest BCUT2D eigenvalue weighted by molar-refractivity contribution is -0.132. The Kier molecular flexibility index (Phi) is 3.95. The molecule has 1 rings (SSSR count). The van der Waals surface area contributed by atoms with E-state index in [-0.39, 0.29) is 0 Å². The van der Waals surface area contributed by atoms with Crippen molar-refractivity contribution < 1.29 is 9.53 Å². The van der Waals surface area contributed by atoms with E-state index in [2.05, 4.69) is 11.3 Å². The molecule has 0 spiro atoms. The van der Waals surface area contributed by atoms with Gasteiger partial charge in [-0.2, -0.15) is 0 Å². The van der Waals surface area contributed by atoms with E-state index in [0.717, 1.165) is 11.8 Å². The standard InChI is InChI=1S/C11H9ClO2/c1-2-14-11(13)8-7-9-5-3-4-6-10(9)12/h2-8H,1H2/b8-7+. The van der Waals surface area contributed by atoms with Crippen molar-refractivity contribution in [1.82, 2.24) is 0 Å². The van der Waals surface area contributed by atoms with Crippen molar-refractivity contribution in [2.24, 2.45) is 0 Å². The molecule has 14 heavy (non-hydrogen) atoms. The molecule has 0 fully saturated rings. The molecule has 0 saturated carbocycles. The fourth-order valence-electron chi connectivity index (χ4n) is 0.889. The summed E-state index contributed by atoms with van der Waals surface area (Å²) in [5, 5.41) is 0.593. The van der Waals surface area contributed by atoms with E-state index >= 15 is 0 Å². The minimum absolute atomic E-state index is 0.472. The molecule has 0 radical (unpaired) electrons. The van der Waals surface area contributed by atoms with E-state index in [1.807, 2.05) is 12.1 Å². The average molecular weight is 209 g/mol. The Hall–Kier alpha value is -1.54. The van der Waals surface area contributed by atoms with Crippen LogP contribution in [0.1, 0.15) is 5.56 Å². The molecular weight excluding hydrogens is 200 g/mol. The second-order valence-electron chi connectivity index (χ2n) is 2.46. The van der Waals surface area contributed by atoms with Crippen molar-refractivity contribution in [3.63, 3.8) is 0 Å². The Balaban J connectivity index is 2.73. The lowest BCUT2D eigenvalue weighted by atomic mass is 10.2. The zero-order valence-electron chi connectivity index (χ0n) is 7.44. The molecule has 1 aromatic rings. The minimum atomic E-state index is -0.472. The average Bonchev–Trinajstić information content (AvgIpc) is 2.17. The van der Waals surface area contributed by atoms with Crippen LogP contribution in [-0.4, -0.2) is 5.97 Å². The van der Waals surface area contributed by atoms with E-state index in [0.29, 0.717) is 5.02 Å². The number of halogens is 1. The molecule has 72 valence electrons. The Morgan fingerprint density at radius 3 is 2.79 bits per heavy atom. The molecule has 0 aliphatic rings. The molecule has 0 atom stereocenters. The van der Waals surface area contributed by atoms with Crippen molar-refractivity contribution in [1.29, 1.82) is 0 Å². The van der Waals surface area contributed by atoms with Crippen LogP contribution in [-0.2, 0) is 9.53 Å². The zero-order chi connectivity index (χ0) is 10.4. The summed E-state index contributed by atoms with van der Waals surface area (Å²) in [7, 11) is 0. The molecule has 0 aliphatic heterocycles. The second-order valence-corrected chi connectivity index (χ2v) is 2.87. The number of ether oxygens (including phenoxy) is 1. The maximum Gasteiger partial charge on any atom is 0.335 e. The smallest absolute Gasteiger partial charge is 0.335 e. The van der Waals surface area contributed by atoms with Gasteiger partial charge in [0.05, 0.1) is 6.26 Å². The van der Waals surface area contributed by atoms with Crippen LogP contribution in [0.5, 0.6) is 0 Å². The van der Waals surface area contributed by atoms with Gasteiger partial charge in [0.25, 0.3) is 0 Å². The van der Waals surface area contributed by atoms with E-state index in [4.69, 9.17) is 11.6 Å². The van der Waals surface area contributed by atoms with Gasteiger partial charge in [-0.1, -0.05) is 36.4 Å². The molecule has 0 bridgehead atoms. The summed E-state index contributed by atoms with van der Waals surface area (Å²) in [4.78, 5) is 10.9. The first kappa shape index (κ1) is 10.5. The topological polar surface area (TPSA) is 26.3 Å². The van der Waals surface area contributed by atoms with Crippen LogP contribution in [0.25, 0.3) is 6.08 Å². The normalized spacial score (nSPS) is 10.1. The predicted molar refractivity (Wildman–Crippen MR) is 56.8 cm³/mol. The van der Waals surface area contributed by atoms with Crippen LogP contribution in [0.15, 0.2) is 43.2 Å². The maximum absolute atomic E-state index is 10.9. The first-order valence-corrected chi connectivity index (χ1v) is 4.36. The molecule has 0 aromatic heterocycles. The fraction of sp³-hybridized carbons (Fsp3) is 0. The first-order chi connectivity index (χ1) is 6.74. The minimum Gasteiger partial charge on any atom is -0.432 e. The van der Waals surface area contributed by atoms with E-state index in [9.17, 15) is 4.79 Å². The third kappa shape index (κ3) is 3.07. The largest absolute Gasteiger partial charge is 0.432 e. The number of carbonyl (C=O) groups excluding carboxylic acids is 1. The van der Waals surface area contributed by atoms with Crippen molar-refractivity contribution >= 4 is 23.6 Å². The summed E-state index contributed by atoms with van der Waals surface area (Å²) >= 11 is 5.86. The SMILES string of the molecule is C=COC(=O)/C=C/c1ccccc1Cl. The van der Waals surface area contributed by atoms with Gasteiger partial charge in [0.2, 0.25) is 0 Å². The van der Waals surface area contributed by atoms with Crippen LogP contribution in [0.4, 0.5) is 0 Å². The van der Waals surface area contributed by atoms with Gasteiger partial charge in [-0.05, 0) is 17.7 Å². The first-order valence-electron chi connectivity index (χ1n) is 3.98. The Morgan fingerprint density at radius 1 is 1.43 bits per heavy atom. The van der Waals surface area contributed by atoms with E-state index in [1.54, 1.807) is 18.2 Å². The van der Waals surface area contributed by atoms with Crippen LogP contribution >= 0.6 is 11.6 Å². The lowest BCUT2D eigenvalue weighted by Gasteiger charge is -1.95. The van der Waals surface area contributed by atoms with Gasteiger partial charge in [0.1, 0.15) is 0 Å². The molecule has 2 nitrogen and oxygen atoms in total. The molecule has 0 N–H and O–H groups in total. The third-order valence-electron chi connectivity index (χ3n) is 1.50. The van der Waals surface area contributed by atoms with Gasteiger partial charge in [-0.25, -0.2) is 4.79 Å². The third-order valence-corrected chi connectivity index (χ3v) is 1.85. The summed E-state index contributed by atoms with van der Waals surface area (Å²) in [5.74, 6) is -0.472. The molecule has 0 aliphatic carbocycles. The number of hydrogen-bond donors (Lipinski definition) is 0. The highest BCUT2D eigenvalue weighted by molar-refractivity contribution is 6.32. The predicted octanol–water partition coefficient (Wildman–Crippen LogP) is 3.04. The van der Waals surface area contributed by atoms with Gasteiger partial charge in [0, 0.05) is 11.1 Å². The number of benzene rings is 1. The summed E-state index contributed by atoms with van der Waals surface area (Å²) in [5.41, 5.74) is 0.773. The van der Waals surface area contributed by atoms with Gasteiger partial charge < -0.3 is 4.74 Å². The lowest BCUT2D eigenvalue weighted by Crippen LogP contribution is -1.92. The van der Waals surface area contributed by atoms with Crippen LogP contribution < -0.4 is 0 Å². The Morgan fingerprint density at radius 2 is 2.14 bits per heavy atom. The van der Waals surface area contributed by atoms with Gasteiger partial charge in [-0.15, -0.1) is 0 Å². The number of hydrogen-bond acceptors (Lipinski definition) is 2. The fourth-order valence-corrected chi connectivity index (χ4v) is 1.09. The van der Waals surface area contributed by atoms with Crippen molar-refractivity contribution in [3.8, 4) is 0 Å². The molecule has 0 unspecified atom stereocenters. The Labute approximate surface area is 87.5 Å². The molecule has 0 saturated heterocycles. The number of rotatable bonds is 3. The molecule has 0 amide bonds. The zero-order valence-corrected chi connectivity index (χ0v) is 8.20. The second kappa shape index (κ2) is 5.25. The maximum atomic E-state index is 10.9. The van der Waals surface area contributed by atoms with Crippen molar-refractivity contribution in [3.05, 3.63) is 53.8 Å². The highest BCUT2D eigenvalue weighted by atomic mass is 35.5. The molecule has 1 aromatic carbocycles. The summed E-state index contributed by atoms with van der Waals surface area (Å²) in [6, 6.07) is 7.21. The monoisotopic (exact) mass is 208 g/mol. The molecule has 3 heteroatoms. The highest BCUT2D eigenvalue weighted by Crippen LogP contribution is 2.16. The summed E-state index contributed by atoms with van der Waals surface area (Å²) in [6.07, 6.45) is 3.97. The number of carbonyl (C=O) groups is 1. The van der Waals surface area contributed by atoms with Crippen molar-refractivity contribution in [2.75, 3.05) is 0 Å². The van der Waals surface area contributed by atoms with Gasteiger partial charge in [0.15, 0.2) is 0 Å². The Bertz CT molecular complexity index is 369. The molecular formula is C11H9ClO2.